The number of methoxy groups -OCH3 is 1. The van der Waals surface area contributed by atoms with Crippen molar-refractivity contribution in [3.63, 3.8) is 0 Å². The molecule has 0 bridgehead atoms. The molecule has 6 nitrogen and oxygen atoms in total. The maximum absolute atomic E-state index is 10.2. The molecule has 1 aliphatic rings. The first-order valence-corrected chi connectivity index (χ1v) is 8.05. The van der Waals surface area contributed by atoms with Gasteiger partial charge in [0.2, 0.25) is 0 Å². The van der Waals surface area contributed by atoms with Gasteiger partial charge in [0.25, 0.3) is 0 Å². The zero-order chi connectivity index (χ0) is 16.9. The predicted molar refractivity (Wildman–Crippen MR) is 82.8 cm³/mol. The summed E-state index contributed by atoms with van der Waals surface area (Å²) in [5.41, 5.74) is 0. The van der Waals surface area contributed by atoms with Gasteiger partial charge in [-0.15, -0.1) is 0 Å². The fraction of sp³-hybridized carbons (Fsp3) is 1.00. The van der Waals surface area contributed by atoms with Gasteiger partial charge in [0.1, 0.15) is 24.4 Å². The fourth-order valence-electron chi connectivity index (χ4n) is 2.52. The molecule has 5 atom stereocenters. The third-order valence-electron chi connectivity index (χ3n) is 3.33. The van der Waals surface area contributed by atoms with Crippen LogP contribution in [0.25, 0.3) is 0 Å². The molecule has 1 aliphatic heterocycles. The maximum Gasteiger partial charge on any atom is 0.184 e. The summed E-state index contributed by atoms with van der Waals surface area (Å²) < 4.78 is 28.7. The molecule has 132 valence electrons. The Morgan fingerprint density at radius 2 is 1.41 bits per heavy atom. The van der Waals surface area contributed by atoms with Gasteiger partial charge in [-0.25, -0.2) is 0 Å². The lowest BCUT2D eigenvalue weighted by atomic mass is 9.98. The van der Waals surface area contributed by atoms with Gasteiger partial charge in [0, 0.05) is 7.11 Å². The molecular formula is C16H32O6. The van der Waals surface area contributed by atoms with Crippen molar-refractivity contribution in [2.24, 2.45) is 0 Å². The molecule has 6 heteroatoms. The second-order valence-electron chi connectivity index (χ2n) is 6.45. The van der Waals surface area contributed by atoms with Gasteiger partial charge in [0.05, 0.1) is 24.9 Å². The van der Waals surface area contributed by atoms with Crippen LogP contribution in [0.2, 0.25) is 0 Å². The Morgan fingerprint density at radius 1 is 0.864 bits per heavy atom. The Kier molecular flexibility index (Phi) is 8.24. The molecule has 22 heavy (non-hydrogen) atoms. The largest absolute Gasteiger partial charge is 0.376 e. The number of hydrogen-bond donors (Lipinski definition) is 1. The lowest BCUT2D eigenvalue weighted by Gasteiger charge is -2.45. The summed E-state index contributed by atoms with van der Waals surface area (Å²) in [7, 11) is 1.53. The topological polar surface area (TPSA) is 66.4 Å². The second-order valence-corrected chi connectivity index (χ2v) is 6.45. The second kappa shape index (κ2) is 9.15. The fourth-order valence-corrected chi connectivity index (χ4v) is 2.52. The van der Waals surface area contributed by atoms with Gasteiger partial charge < -0.3 is 28.8 Å². The maximum atomic E-state index is 10.2. The summed E-state index contributed by atoms with van der Waals surface area (Å²) in [6, 6.07) is 0. The van der Waals surface area contributed by atoms with Gasteiger partial charge in [0.15, 0.2) is 6.29 Å². The van der Waals surface area contributed by atoms with E-state index in [2.05, 4.69) is 0 Å². The Morgan fingerprint density at radius 3 is 1.86 bits per heavy atom. The van der Waals surface area contributed by atoms with Gasteiger partial charge in [-0.3, -0.25) is 0 Å². The monoisotopic (exact) mass is 320 g/mol. The van der Waals surface area contributed by atoms with E-state index < -0.39 is 24.6 Å². The van der Waals surface area contributed by atoms with E-state index in [0.717, 1.165) is 0 Å². The van der Waals surface area contributed by atoms with Crippen molar-refractivity contribution < 1.29 is 28.8 Å². The number of ether oxygens (including phenoxy) is 5. The molecule has 0 radical (unpaired) electrons. The summed E-state index contributed by atoms with van der Waals surface area (Å²) in [6.07, 6.45) is -2.80. The van der Waals surface area contributed by atoms with E-state index in [1.54, 1.807) is 0 Å². The molecule has 1 fully saturated rings. The van der Waals surface area contributed by atoms with Crippen LogP contribution in [0, 0.1) is 0 Å². The first-order chi connectivity index (χ1) is 10.3. The molecule has 1 saturated heterocycles. The lowest BCUT2D eigenvalue weighted by Crippen LogP contribution is -2.62. The summed E-state index contributed by atoms with van der Waals surface area (Å²) in [5.74, 6) is 0. The lowest BCUT2D eigenvalue weighted by molar-refractivity contribution is -0.316. The zero-order valence-corrected chi connectivity index (χ0v) is 14.8. The third kappa shape index (κ3) is 5.76. The van der Waals surface area contributed by atoms with Gasteiger partial charge in [-0.2, -0.15) is 0 Å². The third-order valence-corrected chi connectivity index (χ3v) is 3.33. The molecule has 1 rings (SSSR count). The molecule has 0 aromatic heterocycles. The summed E-state index contributed by atoms with van der Waals surface area (Å²) in [5, 5.41) is 10.2. The highest BCUT2D eigenvalue weighted by Gasteiger charge is 2.48. The quantitative estimate of drug-likeness (QED) is 0.735. The Hall–Kier alpha value is -0.240. The van der Waals surface area contributed by atoms with Crippen LogP contribution in [0.5, 0.6) is 0 Å². The number of rotatable bonds is 8. The van der Waals surface area contributed by atoms with Crippen LogP contribution < -0.4 is 0 Å². The molecule has 1 N–H and O–H groups in total. The van der Waals surface area contributed by atoms with Crippen molar-refractivity contribution in [1.29, 1.82) is 0 Å². The smallest absolute Gasteiger partial charge is 0.184 e. The number of aliphatic hydroxyl groups excluding tert-OH is 1. The van der Waals surface area contributed by atoms with E-state index in [9.17, 15) is 5.11 Å². The first kappa shape index (κ1) is 19.8. The van der Waals surface area contributed by atoms with Crippen molar-refractivity contribution in [3.8, 4) is 0 Å². The van der Waals surface area contributed by atoms with Crippen molar-refractivity contribution in [1.82, 2.24) is 0 Å². The minimum absolute atomic E-state index is 0.00108. The van der Waals surface area contributed by atoms with Gasteiger partial charge in [-0.05, 0) is 41.5 Å². The standard InChI is InChI=1S/C16H32O6/c1-9(2)19-8-12-13(20-10(3)4)14(21-11(5)6)15(18-7)16(17)22-12/h9-17H,8H2,1-7H3/t12?,13-,14+,15?,16-/m1/s1. The Labute approximate surface area is 134 Å². The van der Waals surface area contributed by atoms with E-state index >= 15 is 0 Å². The number of aliphatic hydroxyl groups is 1. The number of hydrogen-bond acceptors (Lipinski definition) is 6. The Balaban J connectivity index is 2.94. The highest BCUT2D eigenvalue weighted by atomic mass is 16.7. The van der Waals surface area contributed by atoms with E-state index in [-0.39, 0.29) is 24.4 Å². The van der Waals surface area contributed by atoms with Crippen LogP contribution in [-0.4, -0.2) is 67.8 Å². The summed E-state index contributed by atoms with van der Waals surface area (Å²) in [4.78, 5) is 0. The molecule has 0 aromatic carbocycles. The van der Waals surface area contributed by atoms with Crippen LogP contribution in [0.15, 0.2) is 0 Å². The minimum atomic E-state index is -1.07. The summed E-state index contributed by atoms with van der Waals surface area (Å²) in [6.45, 7) is 12.1. The van der Waals surface area contributed by atoms with Crippen LogP contribution in [0.1, 0.15) is 41.5 Å². The molecule has 0 saturated carbocycles. The average Bonchev–Trinajstić information content (AvgIpc) is 2.39. The van der Waals surface area contributed by atoms with Crippen LogP contribution in [0.3, 0.4) is 0 Å². The summed E-state index contributed by atoms with van der Waals surface area (Å²) >= 11 is 0. The average molecular weight is 320 g/mol. The van der Waals surface area contributed by atoms with Crippen LogP contribution in [-0.2, 0) is 23.7 Å². The molecular weight excluding hydrogens is 288 g/mol. The normalized spacial score (nSPS) is 33.1. The highest BCUT2D eigenvalue weighted by molar-refractivity contribution is 4.92. The molecule has 0 spiro atoms. The van der Waals surface area contributed by atoms with Gasteiger partial charge >= 0.3 is 0 Å². The molecule has 2 unspecified atom stereocenters. The van der Waals surface area contributed by atoms with E-state index in [1.807, 2.05) is 41.5 Å². The zero-order valence-electron chi connectivity index (χ0n) is 14.8. The molecule has 0 aromatic rings. The van der Waals surface area contributed by atoms with E-state index in [4.69, 9.17) is 23.7 Å². The van der Waals surface area contributed by atoms with Crippen molar-refractivity contribution >= 4 is 0 Å². The van der Waals surface area contributed by atoms with Crippen LogP contribution >= 0.6 is 0 Å². The Bertz CT molecular complexity index is 307. The minimum Gasteiger partial charge on any atom is -0.376 e. The van der Waals surface area contributed by atoms with E-state index in [0.29, 0.717) is 6.61 Å². The van der Waals surface area contributed by atoms with Crippen LogP contribution in [0.4, 0.5) is 0 Å². The predicted octanol–water partition coefficient (Wildman–Crippen LogP) is 1.73. The first-order valence-electron chi connectivity index (χ1n) is 8.05. The molecule has 1 heterocycles. The SMILES string of the molecule is COC1[C@H](O)OC(COC(C)C)[C@@H](OC(C)C)[C@@H]1OC(C)C. The van der Waals surface area contributed by atoms with Crippen molar-refractivity contribution in [2.45, 2.75) is 90.6 Å². The van der Waals surface area contributed by atoms with Gasteiger partial charge in [-0.1, -0.05) is 0 Å². The van der Waals surface area contributed by atoms with Crippen molar-refractivity contribution in [2.75, 3.05) is 13.7 Å². The van der Waals surface area contributed by atoms with E-state index in [1.165, 1.54) is 7.11 Å². The highest BCUT2D eigenvalue weighted by Crippen LogP contribution is 2.28. The molecule has 0 aliphatic carbocycles. The molecule has 0 amide bonds. The van der Waals surface area contributed by atoms with Crippen molar-refractivity contribution in [3.05, 3.63) is 0 Å².